The molecule has 0 saturated carbocycles. The molecule has 0 unspecified atom stereocenters. The number of hydrogen-bond donors (Lipinski definition) is 1. The average molecular weight is 234 g/mol. The molecule has 0 amide bonds. The van der Waals surface area contributed by atoms with Gasteiger partial charge in [-0.25, -0.2) is 0 Å². The van der Waals surface area contributed by atoms with E-state index in [0.717, 1.165) is 0 Å². The molecular weight excluding hydrogens is 226 g/mol. The molecular formula is C3H8O2Se2. The van der Waals surface area contributed by atoms with Crippen LogP contribution in [0.3, 0.4) is 0 Å². The van der Waals surface area contributed by atoms with Crippen molar-refractivity contribution < 1.29 is 9.90 Å². The van der Waals surface area contributed by atoms with Gasteiger partial charge in [-0.05, 0) is 0 Å². The zero-order valence-electron chi connectivity index (χ0n) is 3.96. The molecule has 0 fully saturated rings. The van der Waals surface area contributed by atoms with E-state index in [2.05, 4.69) is 28.4 Å². The van der Waals surface area contributed by atoms with Crippen molar-refractivity contribution in [1.82, 2.24) is 0 Å². The predicted molar refractivity (Wildman–Crippen MR) is 32.2 cm³/mol. The molecule has 0 aliphatic rings. The van der Waals surface area contributed by atoms with Crippen molar-refractivity contribution in [3.8, 4) is 0 Å². The first-order chi connectivity index (χ1) is 3.27. The summed E-state index contributed by atoms with van der Waals surface area (Å²) in [6.07, 6.45) is 0.222. The number of rotatable bonds is 1. The second-order valence-corrected chi connectivity index (χ2v) is 0.747. The van der Waals surface area contributed by atoms with Crippen molar-refractivity contribution in [2.45, 2.75) is 13.3 Å². The van der Waals surface area contributed by atoms with Crippen LogP contribution in [0.15, 0.2) is 0 Å². The van der Waals surface area contributed by atoms with E-state index in [0.29, 0.717) is 0 Å². The van der Waals surface area contributed by atoms with E-state index in [1.165, 1.54) is 0 Å². The van der Waals surface area contributed by atoms with E-state index in [-0.39, 0.29) is 6.42 Å². The van der Waals surface area contributed by atoms with Gasteiger partial charge >= 0.3 is 34.3 Å². The van der Waals surface area contributed by atoms with Gasteiger partial charge < -0.3 is 5.11 Å². The van der Waals surface area contributed by atoms with Crippen LogP contribution in [0.25, 0.3) is 0 Å². The molecule has 0 spiro atoms. The van der Waals surface area contributed by atoms with Gasteiger partial charge in [-0.15, -0.1) is 0 Å². The molecule has 2 nitrogen and oxygen atoms in total. The number of carboxylic acid groups (broad SMARTS) is 1. The molecule has 0 aliphatic carbocycles. The summed E-state index contributed by atoms with van der Waals surface area (Å²) in [6.45, 7) is 1.60. The third-order valence-electron chi connectivity index (χ3n) is 0.302. The van der Waals surface area contributed by atoms with Crippen LogP contribution in [0.2, 0.25) is 0 Å². The fourth-order valence-corrected chi connectivity index (χ4v) is 0. The quantitative estimate of drug-likeness (QED) is 0.602. The zero-order valence-corrected chi connectivity index (χ0v) is 7.71. The van der Waals surface area contributed by atoms with Crippen molar-refractivity contribution >= 4 is 34.3 Å². The van der Waals surface area contributed by atoms with E-state index in [1.54, 1.807) is 6.92 Å². The number of carbonyl (C=O) groups is 1. The fourth-order valence-electron chi connectivity index (χ4n) is 0. The first-order valence-corrected chi connectivity index (χ1v) is 6.89. The third kappa shape index (κ3) is 21.0. The molecule has 0 heterocycles. The Bertz CT molecular complexity index is 46.2. The van der Waals surface area contributed by atoms with Gasteiger partial charge in [0.2, 0.25) is 0 Å². The molecule has 0 aromatic heterocycles. The Labute approximate surface area is 57.9 Å². The summed E-state index contributed by atoms with van der Waals surface area (Å²) in [7, 11) is 0. The Kier molecular flexibility index (Phi) is 14.6. The van der Waals surface area contributed by atoms with Crippen LogP contribution in [-0.4, -0.2) is 39.5 Å². The summed E-state index contributed by atoms with van der Waals surface area (Å²) >= 11 is 4.50. The van der Waals surface area contributed by atoms with Gasteiger partial charge in [0.25, 0.3) is 0 Å². The number of carboxylic acids is 1. The van der Waals surface area contributed by atoms with E-state index in [1.807, 2.05) is 0 Å². The van der Waals surface area contributed by atoms with Crippen molar-refractivity contribution in [3.05, 3.63) is 0 Å². The van der Waals surface area contributed by atoms with Crippen LogP contribution < -0.4 is 0 Å². The Hall–Kier alpha value is 0.509. The van der Waals surface area contributed by atoms with E-state index < -0.39 is 5.97 Å². The van der Waals surface area contributed by atoms with Crippen LogP contribution in [0, 0.1) is 0 Å². The summed E-state index contributed by atoms with van der Waals surface area (Å²) in [5.41, 5.74) is 0. The molecule has 1 N–H and O–H groups in total. The predicted octanol–water partition coefficient (Wildman–Crippen LogP) is -0.816. The van der Waals surface area contributed by atoms with E-state index in [4.69, 9.17) is 5.11 Å². The number of hydrogen-bond acceptors (Lipinski definition) is 1. The van der Waals surface area contributed by atoms with Gasteiger partial charge in [0.15, 0.2) is 0 Å². The Balaban J connectivity index is 0. The van der Waals surface area contributed by atoms with Crippen LogP contribution >= 0.6 is 0 Å². The van der Waals surface area contributed by atoms with E-state index in [9.17, 15) is 4.79 Å². The molecule has 0 rings (SSSR count). The SMILES string of the molecule is CCC(=O)O.[SeH][SeH]. The maximum absolute atomic E-state index is 9.37. The second-order valence-electron chi connectivity index (χ2n) is 0.747. The molecule has 4 heteroatoms. The monoisotopic (exact) mass is 236 g/mol. The van der Waals surface area contributed by atoms with Gasteiger partial charge in [0, 0.05) is 6.42 Å². The summed E-state index contributed by atoms with van der Waals surface area (Å²) in [5, 5.41) is 7.72. The first kappa shape index (κ1) is 10.5. The Morgan fingerprint density at radius 3 is 1.86 bits per heavy atom. The van der Waals surface area contributed by atoms with E-state index >= 15 is 0 Å². The topological polar surface area (TPSA) is 37.3 Å². The fraction of sp³-hybridized carbons (Fsp3) is 0.667. The van der Waals surface area contributed by atoms with Gasteiger partial charge in [0.05, 0.1) is 0 Å². The minimum absolute atomic E-state index is 0.222. The van der Waals surface area contributed by atoms with Crippen molar-refractivity contribution in [3.63, 3.8) is 0 Å². The summed E-state index contributed by atoms with van der Waals surface area (Å²) in [5.74, 6) is -0.745. The molecule has 0 bridgehead atoms. The second kappa shape index (κ2) is 9.72. The summed E-state index contributed by atoms with van der Waals surface area (Å²) in [4.78, 5) is 9.37. The van der Waals surface area contributed by atoms with Crippen LogP contribution in [0.1, 0.15) is 13.3 Å². The molecule has 0 aromatic carbocycles. The summed E-state index contributed by atoms with van der Waals surface area (Å²) in [6, 6.07) is 0. The first-order valence-electron chi connectivity index (χ1n) is 1.69. The zero-order chi connectivity index (χ0) is 6.28. The summed E-state index contributed by atoms with van der Waals surface area (Å²) < 4.78 is 0. The standard InChI is InChI=1S/C3H6O2.H2Se2/c1-2-3(4)5;1-2/h2H2,1H3,(H,4,5);1-2H. The van der Waals surface area contributed by atoms with Gasteiger partial charge in [0.1, 0.15) is 0 Å². The average Bonchev–Trinajstić information content (AvgIpc) is 1.73. The maximum atomic E-state index is 9.37. The Morgan fingerprint density at radius 1 is 1.71 bits per heavy atom. The number of aliphatic carboxylic acids is 1. The van der Waals surface area contributed by atoms with Crippen LogP contribution in [0.4, 0.5) is 0 Å². The molecule has 7 heavy (non-hydrogen) atoms. The third-order valence-corrected chi connectivity index (χ3v) is 0.302. The van der Waals surface area contributed by atoms with Gasteiger partial charge in [-0.2, -0.15) is 0 Å². The normalized spacial score (nSPS) is 6.14. The van der Waals surface area contributed by atoms with Gasteiger partial charge in [-0.3, -0.25) is 4.79 Å². The molecule has 0 aliphatic heterocycles. The van der Waals surface area contributed by atoms with Crippen LogP contribution in [0.5, 0.6) is 0 Å². The molecule has 0 aromatic rings. The van der Waals surface area contributed by atoms with Crippen molar-refractivity contribution in [2.75, 3.05) is 0 Å². The van der Waals surface area contributed by atoms with Crippen molar-refractivity contribution in [1.29, 1.82) is 0 Å². The molecule has 0 radical (unpaired) electrons. The van der Waals surface area contributed by atoms with Gasteiger partial charge in [-0.1, -0.05) is 6.92 Å². The molecule has 0 saturated heterocycles. The Morgan fingerprint density at radius 2 is 1.86 bits per heavy atom. The molecule has 44 valence electrons. The van der Waals surface area contributed by atoms with Crippen LogP contribution in [-0.2, 0) is 4.79 Å². The minimum atomic E-state index is -0.745. The molecule has 0 atom stereocenters. The van der Waals surface area contributed by atoms with Crippen molar-refractivity contribution in [2.24, 2.45) is 0 Å².